The summed E-state index contributed by atoms with van der Waals surface area (Å²) in [6.07, 6.45) is 0. The number of carboxylic acids is 1. The van der Waals surface area contributed by atoms with Gasteiger partial charge in [-0.05, 0) is 19.9 Å². The monoisotopic (exact) mass is 286 g/mol. The maximum atomic E-state index is 11.8. The molecule has 0 atom stereocenters. The molecule has 0 heterocycles. The molecule has 0 aromatic heterocycles. The number of aliphatic carboxylic acids is 1. The molecule has 7 nitrogen and oxygen atoms in total. The molecular weight excluding hydrogens is 276 g/mol. The third kappa shape index (κ3) is 3.41. The summed E-state index contributed by atoms with van der Waals surface area (Å²) >= 11 is 5.76. The minimum atomic E-state index is -1.47. The van der Waals surface area contributed by atoms with Gasteiger partial charge in [-0.15, -0.1) is 0 Å². The van der Waals surface area contributed by atoms with Crippen LogP contribution in [0.15, 0.2) is 18.2 Å². The lowest BCUT2D eigenvalue weighted by atomic mass is 10.1. The Bertz CT molecular complexity index is 556. The van der Waals surface area contributed by atoms with Gasteiger partial charge < -0.3 is 10.4 Å². The van der Waals surface area contributed by atoms with Crippen molar-refractivity contribution in [3.8, 4) is 0 Å². The van der Waals surface area contributed by atoms with Crippen molar-refractivity contribution in [3.05, 3.63) is 38.9 Å². The highest BCUT2D eigenvalue weighted by atomic mass is 35.5. The smallest absolute Gasteiger partial charge is 0.328 e. The van der Waals surface area contributed by atoms with Crippen LogP contribution in [0.2, 0.25) is 5.02 Å². The molecule has 8 heteroatoms. The van der Waals surface area contributed by atoms with E-state index in [1.54, 1.807) is 0 Å². The fourth-order valence-electron chi connectivity index (χ4n) is 1.21. The maximum absolute atomic E-state index is 11.8. The zero-order valence-electron chi connectivity index (χ0n) is 10.1. The molecule has 0 saturated heterocycles. The molecule has 0 aliphatic heterocycles. The number of nitrogens with one attached hydrogen (secondary N) is 1. The molecule has 0 fully saturated rings. The second-order valence-corrected chi connectivity index (χ2v) is 4.71. The van der Waals surface area contributed by atoms with E-state index in [1.807, 2.05) is 0 Å². The van der Waals surface area contributed by atoms with Crippen LogP contribution in [-0.2, 0) is 4.79 Å². The van der Waals surface area contributed by atoms with E-state index in [2.05, 4.69) is 5.32 Å². The van der Waals surface area contributed by atoms with Crippen molar-refractivity contribution in [2.24, 2.45) is 0 Å². The number of benzene rings is 1. The molecular formula is C11H11ClN2O5. The van der Waals surface area contributed by atoms with E-state index in [9.17, 15) is 19.7 Å². The number of carboxylic acid groups (broad SMARTS) is 1. The highest BCUT2D eigenvalue weighted by Gasteiger charge is 2.30. The number of hydrogen-bond acceptors (Lipinski definition) is 4. The normalized spacial score (nSPS) is 10.9. The predicted octanol–water partition coefficient (Wildman–Crippen LogP) is 1.84. The molecule has 1 amide bonds. The Labute approximate surface area is 113 Å². The summed E-state index contributed by atoms with van der Waals surface area (Å²) in [6, 6.07) is 3.33. The van der Waals surface area contributed by atoms with Gasteiger partial charge in [0.25, 0.3) is 11.6 Å². The van der Waals surface area contributed by atoms with Crippen molar-refractivity contribution >= 4 is 29.2 Å². The Balaban J connectivity index is 3.02. The fourth-order valence-corrected chi connectivity index (χ4v) is 1.47. The Morgan fingerprint density at radius 3 is 2.42 bits per heavy atom. The van der Waals surface area contributed by atoms with E-state index >= 15 is 0 Å². The second kappa shape index (κ2) is 5.23. The van der Waals surface area contributed by atoms with Gasteiger partial charge in [-0.2, -0.15) is 0 Å². The van der Waals surface area contributed by atoms with E-state index in [1.165, 1.54) is 19.9 Å². The molecule has 0 spiro atoms. The molecule has 1 rings (SSSR count). The number of nitrogens with zero attached hydrogens (tertiary/aromatic N) is 1. The molecule has 1 aromatic rings. The van der Waals surface area contributed by atoms with Crippen molar-refractivity contribution in [1.29, 1.82) is 0 Å². The highest BCUT2D eigenvalue weighted by molar-refractivity contribution is 6.34. The van der Waals surface area contributed by atoms with Crippen LogP contribution in [-0.4, -0.2) is 27.4 Å². The van der Waals surface area contributed by atoms with E-state index < -0.39 is 22.3 Å². The highest BCUT2D eigenvalue weighted by Crippen LogP contribution is 2.22. The number of amides is 1. The predicted molar refractivity (Wildman–Crippen MR) is 67.3 cm³/mol. The van der Waals surface area contributed by atoms with Crippen LogP contribution in [0.25, 0.3) is 0 Å². The molecule has 0 bridgehead atoms. The third-order valence-electron chi connectivity index (χ3n) is 2.37. The van der Waals surface area contributed by atoms with Gasteiger partial charge in [0.15, 0.2) is 0 Å². The lowest BCUT2D eigenvalue weighted by Gasteiger charge is -2.21. The summed E-state index contributed by atoms with van der Waals surface area (Å²) < 4.78 is 0. The molecule has 0 aliphatic rings. The first-order valence-electron chi connectivity index (χ1n) is 5.15. The summed E-state index contributed by atoms with van der Waals surface area (Å²) in [5.74, 6) is -1.92. The number of rotatable bonds is 4. The number of nitro benzene ring substituents is 1. The first-order chi connectivity index (χ1) is 8.65. The van der Waals surface area contributed by atoms with Crippen molar-refractivity contribution < 1.29 is 19.6 Å². The summed E-state index contributed by atoms with van der Waals surface area (Å²) in [5.41, 5.74) is -1.75. The molecule has 1 aromatic carbocycles. The number of carbonyl (C=O) groups is 2. The number of carbonyl (C=O) groups excluding carboxylic acids is 1. The summed E-state index contributed by atoms with van der Waals surface area (Å²) in [5, 5.41) is 21.6. The first kappa shape index (κ1) is 14.9. The molecule has 2 N–H and O–H groups in total. The fraction of sp³-hybridized carbons (Fsp3) is 0.273. The molecule has 0 aliphatic carbocycles. The second-order valence-electron chi connectivity index (χ2n) is 4.31. The quantitative estimate of drug-likeness (QED) is 0.648. The lowest BCUT2D eigenvalue weighted by molar-refractivity contribution is -0.384. The molecule has 102 valence electrons. The van der Waals surface area contributed by atoms with Gasteiger partial charge >= 0.3 is 5.97 Å². The van der Waals surface area contributed by atoms with E-state index in [-0.39, 0.29) is 16.3 Å². The van der Waals surface area contributed by atoms with Crippen LogP contribution in [0.4, 0.5) is 5.69 Å². The largest absolute Gasteiger partial charge is 0.480 e. The van der Waals surface area contributed by atoms with Gasteiger partial charge in [0.05, 0.1) is 15.5 Å². The number of nitro groups is 1. The van der Waals surface area contributed by atoms with Gasteiger partial charge in [-0.3, -0.25) is 14.9 Å². The van der Waals surface area contributed by atoms with Crippen molar-refractivity contribution in [2.75, 3.05) is 0 Å². The Morgan fingerprint density at radius 2 is 2.00 bits per heavy atom. The first-order valence-corrected chi connectivity index (χ1v) is 5.53. The third-order valence-corrected chi connectivity index (χ3v) is 2.68. The SMILES string of the molecule is CC(C)(NC(=O)c1ccc([N+](=O)[O-])cc1Cl)C(=O)O. The lowest BCUT2D eigenvalue weighted by Crippen LogP contribution is -2.49. The standard InChI is InChI=1S/C11H11ClN2O5/c1-11(2,10(16)17)13-9(15)7-4-3-6(14(18)19)5-8(7)12/h3-5H,1-2H3,(H,13,15)(H,16,17). The number of hydrogen-bond donors (Lipinski definition) is 2. The van der Waals surface area contributed by atoms with Crippen LogP contribution >= 0.6 is 11.6 Å². The number of non-ortho nitro benzene ring substituents is 1. The minimum Gasteiger partial charge on any atom is -0.480 e. The minimum absolute atomic E-state index is 0.0263. The average Bonchev–Trinajstić information content (AvgIpc) is 2.27. The van der Waals surface area contributed by atoms with E-state index in [0.717, 1.165) is 12.1 Å². The van der Waals surface area contributed by atoms with Gasteiger partial charge in [-0.25, -0.2) is 4.79 Å². The Morgan fingerprint density at radius 1 is 1.42 bits per heavy atom. The topological polar surface area (TPSA) is 110 Å². The van der Waals surface area contributed by atoms with Gasteiger partial charge in [0, 0.05) is 12.1 Å². The van der Waals surface area contributed by atoms with Crippen LogP contribution in [0.5, 0.6) is 0 Å². The van der Waals surface area contributed by atoms with E-state index in [0.29, 0.717) is 0 Å². The van der Waals surface area contributed by atoms with Crippen LogP contribution in [0.1, 0.15) is 24.2 Å². The molecule has 0 unspecified atom stereocenters. The molecule has 0 radical (unpaired) electrons. The van der Waals surface area contributed by atoms with Crippen molar-refractivity contribution in [1.82, 2.24) is 5.32 Å². The number of halogens is 1. The van der Waals surface area contributed by atoms with E-state index in [4.69, 9.17) is 16.7 Å². The zero-order valence-corrected chi connectivity index (χ0v) is 10.9. The van der Waals surface area contributed by atoms with Gasteiger partial charge in [0.2, 0.25) is 0 Å². The van der Waals surface area contributed by atoms with Crippen LogP contribution < -0.4 is 5.32 Å². The molecule has 0 saturated carbocycles. The Hall–Kier alpha value is -2.15. The average molecular weight is 287 g/mol. The van der Waals surface area contributed by atoms with Crippen LogP contribution in [0.3, 0.4) is 0 Å². The molecule has 19 heavy (non-hydrogen) atoms. The van der Waals surface area contributed by atoms with Gasteiger partial charge in [0.1, 0.15) is 5.54 Å². The van der Waals surface area contributed by atoms with Crippen LogP contribution in [0, 0.1) is 10.1 Å². The summed E-state index contributed by atoms with van der Waals surface area (Å²) in [6.45, 7) is 2.62. The summed E-state index contributed by atoms with van der Waals surface area (Å²) in [4.78, 5) is 32.6. The zero-order chi connectivity index (χ0) is 14.8. The van der Waals surface area contributed by atoms with Gasteiger partial charge in [-0.1, -0.05) is 11.6 Å². The maximum Gasteiger partial charge on any atom is 0.328 e. The summed E-state index contributed by atoms with van der Waals surface area (Å²) in [7, 11) is 0. The van der Waals surface area contributed by atoms with Crippen molar-refractivity contribution in [3.63, 3.8) is 0 Å². The van der Waals surface area contributed by atoms with Crippen molar-refractivity contribution in [2.45, 2.75) is 19.4 Å². The Kier molecular flexibility index (Phi) is 4.10.